The van der Waals surface area contributed by atoms with Gasteiger partial charge in [-0.25, -0.2) is 0 Å². The Morgan fingerprint density at radius 1 is 1.27 bits per heavy atom. The third-order valence-corrected chi connectivity index (χ3v) is 1.46. The van der Waals surface area contributed by atoms with Crippen LogP contribution in [0.5, 0.6) is 0 Å². The molecule has 0 unspecified atom stereocenters. The molecule has 0 N–H and O–H groups in total. The van der Waals surface area contributed by atoms with Gasteiger partial charge in [0.15, 0.2) is 0 Å². The number of carbonyl (C=O) groups is 1. The molecule has 1 saturated heterocycles. The van der Waals surface area contributed by atoms with Gasteiger partial charge in [-0.2, -0.15) is 0 Å². The molecule has 0 aliphatic carbocycles. The van der Waals surface area contributed by atoms with E-state index < -0.39 is 0 Å². The average Bonchev–Trinajstić information content (AvgIpc) is 2.41. The zero-order valence-corrected chi connectivity index (χ0v) is 7.59. The van der Waals surface area contributed by atoms with E-state index in [1.54, 1.807) is 14.1 Å². The minimum Gasteiger partial charge on any atom is -0.381 e. The number of amides is 1. The van der Waals surface area contributed by atoms with Gasteiger partial charge in [0.2, 0.25) is 5.91 Å². The van der Waals surface area contributed by atoms with Gasteiger partial charge in [-0.3, -0.25) is 4.79 Å². The first-order valence-electron chi connectivity index (χ1n) is 3.90. The van der Waals surface area contributed by atoms with Crippen molar-refractivity contribution in [3.63, 3.8) is 0 Å². The number of hydrogen-bond acceptors (Lipinski definition) is 2. The topological polar surface area (TPSA) is 29.5 Å². The van der Waals surface area contributed by atoms with Crippen LogP contribution in [0.25, 0.3) is 0 Å². The first-order chi connectivity index (χ1) is 5.14. The van der Waals surface area contributed by atoms with Gasteiger partial charge in [0, 0.05) is 34.2 Å². The molecule has 1 fully saturated rings. The number of ether oxygens (including phenoxy) is 1. The van der Waals surface area contributed by atoms with Crippen molar-refractivity contribution in [2.24, 2.45) is 0 Å². The van der Waals surface area contributed by atoms with Crippen LogP contribution in [0.1, 0.15) is 19.8 Å². The van der Waals surface area contributed by atoms with Crippen molar-refractivity contribution < 1.29 is 9.53 Å². The zero-order chi connectivity index (χ0) is 8.69. The summed E-state index contributed by atoms with van der Waals surface area (Å²) in [5.74, 6) is 0.0926. The summed E-state index contributed by atoms with van der Waals surface area (Å²) < 4.78 is 4.94. The van der Waals surface area contributed by atoms with E-state index in [4.69, 9.17) is 4.74 Å². The summed E-state index contributed by atoms with van der Waals surface area (Å²) in [5, 5.41) is 0. The monoisotopic (exact) mass is 159 g/mol. The van der Waals surface area contributed by atoms with Crippen LogP contribution in [0.3, 0.4) is 0 Å². The SMILES string of the molecule is C1CCOC1.CC(=O)N(C)C. The number of carbonyl (C=O) groups excluding carboxylic acids is 1. The van der Waals surface area contributed by atoms with Gasteiger partial charge in [0.1, 0.15) is 0 Å². The highest BCUT2D eigenvalue weighted by Crippen LogP contribution is 1.98. The maximum absolute atomic E-state index is 10.1. The Morgan fingerprint density at radius 3 is 1.73 bits per heavy atom. The Bertz CT molecular complexity index is 101. The highest BCUT2D eigenvalue weighted by molar-refractivity contribution is 5.72. The fourth-order valence-corrected chi connectivity index (χ4v) is 0.510. The molecule has 3 heteroatoms. The van der Waals surface area contributed by atoms with Gasteiger partial charge in [0.05, 0.1) is 0 Å². The molecule has 3 nitrogen and oxygen atoms in total. The lowest BCUT2D eigenvalue weighted by atomic mass is 10.4. The number of hydrogen-bond donors (Lipinski definition) is 0. The molecule has 11 heavy (non-hydrogen) atoms. The number of nitrogens with zero attached hydrogens (tertiary/aromatic N) is 1. The van der Waals surface area contributed by atoms with Crippen molar-refractivity contribution in [2.75, 3.05) is 27.3 Å². The van der Waals surface area contributed by atoms with Gasteiger partial charge >= 0.3 is 0 Å². The second-order valence-electron chi connectivity index (χ2n) is 2.73. The maximum atomic E-state index is 10.1. The molecule has 1 rings (SSSR count). The van der Waals surface area contributed by atoms with Gasteiger partial charge in [0.25, 0.3) is 0 Å². The molecule has 0 aromatic heterocycles. The summed E-state index contributed by atoms with van der Waals surface area (Å²) in [6.45, 7) is 3.53. The molecule has 0 aromatic carbocycles. The predicted octanol–water partition coefficient (Wildman–Crippen LogP) is 0.891. The molecular weight excluding hydrogens is 142 g/mol. The molecule has 0 aromatic rings. The molecule has 1 amide bonds. The van der Waals surface area contributed by atoms with Crippen LogP contribution in [0.4, 0.5) is 0 Å². The second-order valence-corrected chi connectivity index (χ2v) is 2.73. The first-order valence-corrected chi connectivity index (χ1v) is 3.90. The van der Waals surface area contributed by atoms with Crippen LogP contribution in [0, 0.1) is 0 Å². The largest absolute Gasteiger partial charge is 0.381 e. The van der Waals surface area contributed by atoms with E-state index in [-0.39, 0.29) is 5.91 Å². The lowest BCUT2D eigenvalue weighted by Crippen LogP contribution is -2.17. The highest BCUT2D eigenvalue weighted by Gasteiger charge is 1.94. The molecule has 0 radical (unpaired) electrons. The van der Waals surface area contributed by atoms with Gasteiger partial charge < -0.3 is 9.64 Å². The van der Waals surface area contributed by atoms with E-state index in [1.807, 2.05) is 0 Å². The van der Waals surface area contributed by atoms with E-state index >= 15 is 0 Å². The van der Waals surface area contributed by atoms with E-state index in [1.165, 1.54) is 24.7 Å². The molecule has 1 aliphatic rings. The van der Waals surface area contributed by atoms with Crippen molar-refractivity contribution in [1.29, 1.82) is 0 Å². The Hall–Kier alpha value is -0.570. The van der Waals surface area contributed by atoms with Gasteiger partial charge in [-0.15, -0.1) is 0 Å². The van der Waals surface area contributed by atoms with Crippen LogP contribution in [0.2, 0.25) is 0 Å². The van der Waals surface area contributed by atoms with E-state index in [0.29, 0.717) is 0 Å². The highest BCUT2D eigenvalue weighted by atomic mass is 16.5. The normalized spacial score (nSPS) is 15.2. The fourth-order valence-electron chi connectivity index (χ4n) is 0.510. The van der Waals surface area contributed by atoms with Crippen molar-refractivity contribution in [2.45, 2.75) is 19.8 Å². The maximum Gasteiger partial charge on any atom is 0.218 e. The van der Waals surface area contributed by atoms with Crippen LogP contribution in [0.15, 0.2) is 0 Å². The summed E-state index contributed by atoms with van der Waals surface area (Å²) in [5.41, 5.74) is 0. The van der Waals surface area contributed by atoms with Crippen LogP contribution >= 0.6 is 0 Å². The lowest BCUT2D eigenvalue weighted by molar-refractivity contribution is -0.126. The Balaban J connectivity index is 0.000000183. The van der Waals surface area contributed by atoms with Crippen LogP contribution in [-0.4, -0.2) is 38.1 Å². The quantitative estimate of drug-likeness (QED) is 0.525. The molecule has 1 aliphatic heterocycles. The van der Waals surface area contributed by atoms with Crippen molar-refractivity contribution in [1.82, 2.24) is 4.90 Å². The van der Waals surface area contributed by atoms with E-state index in [0.717, 1.165) is 13.2 Å². The third-order valence-electron chi connectivity index (χ3n) is 1.46. The average molecular weight is 159 g/mol. The van der Waals surface area contributed by atoms with Crippen LogP contribution in [-0.2, 0) is 9.53 Å². The lowest BCUT2D eigenvalue weighted by Gasteiger charge is -2.02. The van der Waals surface area contributed by atoms with Gasteiger partial charge in [-0.05, 0) is 12.8 Å². The van der Waals surface area contributed by atoms with Crippen molar-refractivity contribution >= 4 is 5.91 Å². The summed E-state index contributed by atoms with van der Waals surface area (Å²) in [4.78, 5) is 11.6. The standard InChI is InChI=1S/C4H9NO.C4H8O/c1-4(6)5(2)3;1-2-4-5-3-1/h1-3H3;1-4H2. The molecule has 0 saturated carbocycles. The summed E-state index contributed by atoms with van der Waals surface area (Å²) in [7, 11) is 3.45. The molecule has 0 bridgehead atoms. The Kier molecular flexibility index (Phi) is 5.84. The fraction of sp³-hybridized carbons (Fsp3) is 0.875. The van der Waals surface area contributed by atoms with Crippen molar-refractivity contribution in [3.05, 3.63) is 0 Å². The zero-order valence-electron chi connectivity index (χ0n) is 7.59. The predicted molar refractivity (Wildman–Crippen MR) is 44.4 cm³/mol. The molecule has 66 valence electrons. The van der Waals surface area contributed by atoms with Gasteiger partial charge in [-0.1, -0.05) is 0 Å². The smallest absolute Gasteiger partial charge is 0.218 e. The first kappa shape index (κ1) is 10.4. The van der Waals surface area contributed by atoms with E-state index in [9.17, 15) is 4.79 Å². The molecular formula is C8H17NO2. The Morgan fingerprint density at radius 2 is 1.64 bits per heavy atom. The molecule has 0 spiro atoms. The summed E-state index contributed by atoms with van der Waals surface area (Å²) in [6, 6.07) is 0. The minimum absolute atomic E-state index is 0.0926. The molecule has 0 atom stereocenters. The molecule has 1 heterocycles. The summed E-state index contributed by atoms with van der Waals surface area (Å²) >= 11 is 0. The van der Waals surface area contributed by atoms with Crippen molar-refractivity contribution in [3.8, 4) is 0 Å². The van der Waals surface area contributed by atoms with E-state index in [2.05, 4.69) is 0 Å². The third kappa shape index (κ3) is 7.33. The minimum atomic E-state index is 0.0926. The Labute approximate surface area is 68.3 Å². The van der Waals surface area contributed by atoms with Crippen LogP contribution < -0.4 is 0 Å². The second kappa shape index (κ2) is 6.16. The summed E-state index contributed by atoms with van der Waals surface area (Å²) in [6.07, 6.45) is 2.56. The number of rotatable bonds is 0.